The van der Waals surface area contributed by atoms with Gasteiger partial charge in [-0.15, -0.1) is 0 Å². The van der Waals surface area contributed by atoms with E-state index in [2.05, 4.69) is 14.7 Å². The van der Waals surface area contributed by atoms with E-state index in [1.54, 1.807) is 18.2 Å². The number of nitrogens with one attached hydrogen (secondary N) is 2. The summed E-state index contributed by atoms with van der Waals surface area (Å²) in [6.07, 6.45) is 4.35. The van der Waals surface area contributed by atoms with E-state index >= 15 is 0 Å². The van der Waals surface area contributed by atoms with E-state index in [-0.39, 0.29) is 10.9 Å². The van der Waals surface area contributed by atoms with Gasteiger partial charge in [0.1, 0.15) is 5.15 Å². The molecule has 2 N–H and O–H groups in total. The van der Waals surface area contributed by atoms with E-state index < -0.39 is 10.0 Å². The minimum Gasteiger partial charge on any atom is -0.361 e. The van der Waals surface area contributed by atoms with Gasteiger partial charge in [-0.05, 0) is 53.6 Å². The van der Waals surface area contributed by atoms with Crippen molar-refractivity contribution in [3.05, 3.63) is 83.3 Å². The normalized spacial score (nSPS) is 11.5. The number of pyridine rings is 1. The summed E-state index contributed by atoms with van der Waals surface area (Å²) in [5, 5.41) is 1.17. The zero-order valence-corrected chi connectivity index (χ0v) is 16.9. The molecule has 4 aromatic rings. The number of halogens is 1. The standard InChI is InChI=1S/C21H16ClN3O3S/c1-29(27,28)25-16-10-14(17-3-2-4-19-18(17)6-8-23-19)9-15(11-16)21(26)13-5-7-24-20(22)12-13/h2-12,23,25H,1H3. The van der Waals surface area contributed by atoms with Crippen molar-refractivity contribution in [3.8, 4) is 11.1 Å². The van der Waals surface area contributed by atoms with Crippen molar-refractivity contribution in [3.63, 3.8) is 0 Å². The van der Waals surface area contributed by atoms with Gasteiger partial charge in [0, 0.05) is 40.1 Å². The Kier molecular flexibility index (Phi) is 4.86. The lowest BCUT2D eigenvalue weighted by atomic mass is 9.96. The van der Waals surface area contributed by atoms with Crippen LogP contribution in [-0.4, -0.2) is 30.4 Å². The zero-order valence-electron chi connectivity index (χ0n) is 15.3. The van der Waals surface area contributed by atoms with Crippen molar-refractivity contribution in [1.82, 2.24) is 9.97 Å². The molecular formula is C21H16ClN3O3S. The maximum absolute atomic E-state index is 13.0. The fraction of sp³-hybridized carbons (Fsp3) is 0.0476. The number of H-pyrrole nitrogens is 1. The molecule has 146 valence electrons. The lowest BCUT2D eigenvalue weighted by Crippen LogP contribution is -2.11. The molecule has 0 spiro atoms. The number of ketones is 1. The van der Waals surface area contributed by atoms with Crippen molar-refractivity contribution in [1.29, 1.82) is 0 Å². The molecule has 0 unspecified atom stereocenters. The third-order valence-electron chi connectivity index (χ3n) is 4.39. The van der Waals surface area contributed by atoms with Crippen molar-refractivity contribution in [2.75, 3.05) is 11.0 Å². The Balaban J connectivity index is 1.90. The Labute approximate surface area is 172 Å². The largest absolute Gasteiger partial charge is 0.361 e. The maximum Gasteiger partial charge on any atom is 0.229 e. The monoisotopic (exact) mass is 425 g/mol. The molecule has 2 aromatic carbocycles. The Bertz CT molecular complexity index is 1350. The SMILES string of the molecule is CS(=O)(=O)Nc1cc(C(=O)c2ccnc(Cl)c2)cc(-c2cccc3[nH]ccc23)c1. The molecular weight excluding hydrogens is 410 g/mol. The molecule has 29 heavy (non-hydrogen) atoms. The highest BCUT2D eigenvalue weighted by molar-refractivity contribution is 7.92. The number of rotatable bonds is 5. The molecule has 0 aliphatic carbocycles. The number of fused-ring (bicyclic) bond motifs is 1. The van der Waals surface area contributed by atoms with Crippen molar-refractivity contribution >= 4 is 44.0 Å². The summed E-state index contributed by atoms with van der Waals surface area (Å²) < 4.78 is 26.0. The first-order chi connectivity index (χ1) is 13.8. The van der Waals surface area contributed by atoms with Gasteiger partial charge in [0.2, 0.25) is 10.0 Å². The van der Waals surface area contributed by atoms with E-state index in [1.165, 1.54) is 18.3 Å². The van der Waals surface area contributed by atoms with Crippen LogP contribution in [0.4, 0.5) is 5.69 Å². The summed E-state index contributed by atoms with van der Waals surface area (Å²) in [5.41, 5.74) is 3.55. The molecule has 0 saturated heterocycles. The first kappa shape index (κ1) is 19.2. The van der Waals surface area contributed by atoms with E-state index in [0.29, 0.717) is 22.4 Å². The molecule has 6 nitrogen and oxygen atoms in total. The van der Waals surface area contributed by atoms with Crippen LogP contribution in [0.5, 0.6) is 0 Å². The van der Waals surface area contributed by atoms with Gasteiger partial charge in [0.05, 0.1) is 6.26 Å². The van der Waals surface area contributed by atoms with Crippen molar-refractivity contribution in [2.24, 2.45) is 0 Å². The molecule has 0 aliphatic heterocycles. The van der Waals surface area contributed by atoms with Gasteiger partial charge in [0.25, 0.3) is 0 Å². The van der Waals surface area contributed by atoms with Crippen molar-refractivity contribution < 1.29 is 13.2 Å². The minimum absolute atomic E-state index is 0.207. The average molecular weight is 426 g/mol. The van der Waals surface area contributed by atoms with Gasteiger partial charge in [-0.25, -0.2) is 13.4 Å². The molecule has 0 amide bonds. The number of aromatic amines is 1. The first-order valence-corrected chi connectivity index (χ1v) is 10.9. The fourth-order valence-corrected chi connectivity index (χ4v) is 3.95. The Morgan fingerprint density at radius 1 is 1.07 bits per heavy atom. The molecule has 0 bridgehead atoms. The molecule has 0 fully saturated rings. The summed E-state index contributed by atoms with van der Waals surface area (Å²) in [7, 11) is -3.52. The predicted octanol–water partition coefficient (Wildman–Crippen LogP) is 4.49. The van der Waals surface area contributed by atoms with Crippen LogP contribution in [-0.2, 0) is 10.0 Å². The number of sulfonamides is 1. The summed E-state index contributed by atoms with van der Waals surface area (Å²) in [5.74, 6) is -0.283. The fourth-order valence-electron chi connectivity index (χ4n) is 3.23. The van der Waals surface area contributed by atoms with E-state index in [1.807, 2.05) is 30.5 Å². The number of nitrogens with zero attached hydrogens (tertiary/aromatic N) is 1. The molecule has 0 atom stereocenters. The lowest BCUT2D eigenvalue weighted by molar-refractivity contribution is 0.103. The third kappa shape index (κ3) is 4.16. The summed E-state index contributed by atoms with van der Waals surface area (Å²) >= 11 is 5.92. The summed E-state index contributed by atoms with van der Waals surface area (Å²) in [6.45, 7) is 0. The second-order valence-corrected chi connectivity index (χ2v) is 8.75. The molecule has 0 aliphatic rings. The first-order valence-electron chi connectivity index (χ1n) is 8.66. The van der Waals surface area contributed by atoms with Crippen LogP contribution < -0.4 is 4.72 Å². The van der Waals surface area contributed by atoms with Crippen molar-refractivity contribution in [2.45, 2.75) is 0 Å². The van der Waals surface area contributed by atoms with Crippen LogP contribution in [0.15, 0.2) is 67.0 Å². The lowest BCUT2D eigenvalue weighted by Gasteiger charge is -2.12. The van der Waals surface area contributed by atoms with E-state index in [4.69, 9.17) is 11.6 Å². The zero-order chi connectivity index (χ0) is 20.6. The van der Waals surface area contributed by atoms with Crippen LogP contribution in [0.1, 0.15) is 15.9 Å². The third-order valence-corrected chi connectivity index (χ3v) is 5.21. The topological polar surface area (TPSA) is 91.9 Å². The molecule has 0 saturated carbocycles. The van der Waals surface area contributed by atoms with E-state index in [0.717, 1.165) is 22.7 Å². The van der Waals surface area contributed by atoms with Gasteiger partial charge < -0.3 is 4.98 Å². The van der Waals surface area contributed by atoms with E-state index in [9.17, 15) is 13.2 Å². The highest BCUT2D eigenvalue weighted by atomic mass is 35.5. The highest BCUT2D eigenvalue weighted by Crippen LogP contribution is 2.32. The number of anilines is 1. The van der Waals surface area contributed by atoms with Gasteiger partial charge in [-0.1, -0.05) is 23.7 Å². The van der Waals surface area contributed by atoms with Crippen LogP contribution in [0.25, 0.3) is 22.0 Å². The smallest absolute Gasteiger partial charge is 0.229 e. The maximum atomic E-state index is 13.0. The predicted molar refractivity (Wildman–Crippen MR) is 115 cm³/mol. The number of carbonyl (C=O) groups excluding carboxylic acids is 1. The number of hydrogen-bond acceptors (Lipinski definition) is 4. The van der Waals surface area contributed by atoms with Gasteiger partial charge in [-0.2, -0.15) is 0 Å². The Morgan fingerprint density at radius 3 is 2.66 bits per heavy atom. The van der Waals surface area contributed by atoms with Crippen LogP contribution >= 0.6 is 11.6 Å². The summed E-state index contributed by atoms with van der Waals surface area (Å²) in [4.78, 5) is 20.1. The molecule has 0 radical (unpaired) electrons. The van der Waals surface area contributed by atoms with Crippen LogP contribution in [0.3, 0.4) is 0 Å². The number of hydrogen-bond donors (Lipinski definition) is 2. The Morgan fingerprint density at radius 2 is 1.90 bits per heavy atom. The Hall–Kier alpha value is -3.16. The highest BCUT2D eigenvalue weighted by Gasteiger charge is 2.15. The molecule has 8 heteroatoms. The summed E-state index contributed by atoms with van der Waals surface area (Å²) in [6, 6.07) is 15.7. The molecule has 2 aromatic heterocycles. The number of carbonyl (C=O) groups is 1. The van der Waals surface area contributed by atoms with Gasteiger partial charge in [0.15, 0.2) is 5.78 Å². The average Bonchev–Trinajstić information content (AvgIpc) is 3.14. The molecule has 2 heterocycles. The van der Waals surface area contributed by atoms with Crippen LogP contribution in [0.2, 0.25) is 5.15 Å². The number of benzene rings is 2. The van der Waals surface area contributed by atoms with Gasteiger partial charge in [-0.3, -0.25) is 9.52 Å². The minimum atomic E-state index is -3.52. The van der Waals surface area contributed by atoms with Crippen LogP contribution in [0, 0.1) is 0 Å². The quantitative estimate of drug-likeness (QED) is 0.364. The molecule has 4 rings (SSSR count). The number of aromatic nitrogens is 2. The second kappa shape index (κ2) is 7.35. The van der Waals surface area contributed by atoms with Gasteiger partial charge >= 0.3 is 0 Å². The second-order valence-electron chi connectivity index (χ2n) is 6.61.